The van der Waals surface area contributed by atoms with Gasteiger partial charge < -0.3 is 5.32 Å². The molecule has 0 aromatic carbocycles. The van der Waals surface area contributed by atoms with Crippen LogP contribution in [0.1, 0.15) is 38.5 Å². The predicted molar refractivity (Wildman–Crippen MR) is 65.7 cm³/mol. The highest BCUT2D eigenvalue weighted by Crippen LogP contribution is 2.32. The summed E-state index contributed by atoms with van der Waals surface area (Å²) in [6, 6.07) is 1.59. The zero-order chi connectivity index (χ0) is 11.5. The summed E-state index contributed by atoms with van der Waals surface area (Å²) in [6.45, 7) is 0. The van der Waals surface area contributed by atoms with E-state index in [1.165, 1.54) is 32.1 Å². The number of carbonyl (C=O) groups excluding carboxylic acids is 1. The molecule has 0 saturated heterocycles. The monoisotopic (exact) mass is 244 g/mol. The average molecular weight is 245 g/mol. The van der Waals surface area contributed by atoms with Crippen LogP contribution in [0.5, 0.6) is 0 Å². The summed E-state index contributed by atoms with van der Waals surface area (Å²) in [6.07, 6.45) is 7.47. The first-order valence-corrected chi connectivity index (χ1v) is 6.83. The summed E-state index contributed by atoms with van der Waals surface area (Å²) in [5.74, 6) is 0.0545. The lowest BCUT2D eigenvalue weighted by atomic mass is 9.89. The number of carbonyl (C=O) groups is 1. The minimum absolute atomic E-state index is 0.0252. The van der Waals surface area contributed by atoms with Crippen LogP contribution >= 0.6 is 11.6 Å². The van der Waals surface area contributed by atoms with Gasteiger partial charge in [-0.15, -0.1) is 11.6 Å². The Morgan fingerprint density at radius 1 is 1.31 bits per heavy atom. The van der Waals surface area contributed by atoms with E-state index in [2.05, 4.69) is 17.3 Å². The highest BCUT2D eigenvalue weighted by Gasteiger charge is 2.36. The molecule has 2 rings (SSSR count). The highest BCUT2D eigenvalue weighted by atomic mass is 35.5. The molecule has 0 bridgehead atoms. The second-order valence-electron chi connectivity index (χ2n) is 5.06. The Balaban J connectivity index is 1.92. The van der Waals surface area contributed by atoms with Gasteiger partial charge in [0.1, 0.15) is 5.88 Å². The Morgan fingerprint density at radius 2 is 2.00 bits per heavy atom. The molecule has 2 aliphatic carbocycles. The maximum atomic E-state index is 11.4. The number of halogens is 1. The van der Waals surface area contributed by atoms with E-state index in [1.54, 1.807) is 0 Å². The van der Waals surface area contributed by atoms with Gasteiger partial charge in [0.25, 0.3) is 0 Å². The minimum Gasteiger partial charge on any atom is -0.351 e. The van der Waals surface area contributed by atoms with E-state index in [4.69, 9.17) is 11.6 Å². The largest absolute Gasteiger partial charge is 0.351 e. The fraction of sp³-hybridized carbons (Fsp3) is 0.917. The third kappa shape index (κ3) is 2.89. The number of alkyl halides is 1. The van der Waals surface area contributed by atoms with E-state index < -0.39 is 0 Å². The van der Waals surface area contributed by atoms with E-state index in [1.807, 2.05) is 0 Å². The molecular formula is C12H21ClN2O. The van der Waals surface area contributed by atoms with E-state index in [0.29, 0.717) is 12.1 Å². The van der Waals surface area contributed by atoms with Crippen molar-refractivity contribution in [3.8, 4) is 0 Å². The second kappa shape index (κ2) is 5.37. The Labute approximate surface area is 103 Å². The van der Waals surface area contributed by atoms with Crippen molar-refractivity contribution >= 4 is 17.5 Å². The molecule has 0 aromatic rings. The highest BCUT2D eigenvalue weighted by molar-refractivity contribution is 6.27. The molecule has 0 heterocycles. The van der Waals surface area contributed by atoms with Crippen molar-refractivity contribution in [1.29, 1.82) is 0 Å². The zero-order valence-electron chi connectivity index (χ0n) is 9.92. The van der Waals surface area contributed by atoms with Crippen molar-refractivity contribution in [3.63, 3.8) is 0 Å². The van der Waals surface area contributed by atoms with Crippen LogP contribution in [0.4, 0.5) is 0 Å². The van der Waals surface area contributed by atoms with Gasteiger partial charge in [0.2, 0.25) is 5.91 Å². The number of likely N-dealkylation sites (N-methyl/N-ethyl adjacent to an activating group) is 1. The van der Waals surface area contributed by atoms with Crippen LogP contribution < -0.4 is 5.32 Å². The van der Waals surface area contributed by atoms with Gasteiger partial charge in [-0.2, -0.15) is 0 Å². The normalized spacial score (nSPS) is 30.4. The van der Waals surface area contributed by atoms with E-state index in [-0.39, 0.29) is 11.8 Å². The average Bonchev–Trinajstić information content (AvgIpc) is 3.12. The van der Waals surface area contributed by atoms with Crippen LogP contribution in [-0.4, -0.2) is 41.9 Å². The van der Waals surface area contributed by atoms with Crippen molar-refractivity contribution in [3.05, 3.63) is 0 Å². The molecule has 1 N–H and O–H groups in total. The van der Waals surface area contributed by atoms with Crippen molar-refractivity contribution in [2.45, 2.75) is 56.7 Å². The van der Waals surface area contributed by atoms with Crippen molar-refractivity contribution in [2.24, 2.45) is 0 Å². The van der Waals surface area contributed by atoms with Gasteiger partial charge >= 0.3 is 0 Å². The van der Waals surface area contributed by atoms with Gasteiger partial charge in [-0.05, 0) is 32.7 Å². The quantitative estimate of drug-likeness (QED) is 0.765. The lowest BCUT2D eigenvalue weighted by molar-refractivity contribution is -0.120. The number of rotatable bonds is 4. The third-order valence-corrected chi connectivity index (χ3v) is 4.09. The molecule has 2 fully saturated rings. The van der Waals surface area contributed by atoms with Gasteiger partial charge in [-0.1, -0.05) is 12.8 Å². The van der Waals surface area contributed by atoms with Crippen LogP contribution in [-0.2, 0) is 4.79 Å². The van der Waals surface area contributed by atoms with Crippen molar-refractivity contribution in [2.75, 3.05) is 12.9 Å². The molecule has 2 saturated carbocycles. The minimum atomic E-state index is -0.0252. The molecular weight excluding hydrogens is 224 g/mol. The first-order chi connectivity index (χ1) is 7.72. The summed E-state index contributed by atoms with van der Waals surface area (Å²) in [5.41, 5.74) is 0. The fourth-order valence-electron chi connectivity index (χ4n) is 2.77. The maximum absolute atomic E-state index is 11.4. The number of amides is 1. The molecule has 0 aliphatic heterocycles. The smallest absolute Gasteiger partial charge is 0.235 e. The Kier molecular flexibility index (Phi) is 4.09. The molecule has 1 amide bonds. The number of hydrogen-bond acceptors (Lipinski definition) is 2. The third-order valence-electron chi connectivity index (χ3n) is 3.84. The van der Waals surface area contributed by atoms with Crippen LogP contribution in [0.3, 0.4) is 0 Å². The molecule has 2 aliphatic rings. The molecule has 0 unspecified atom stereocenters. The van der Waals surface area contributed by atoms with Crippen LogP contribution in [0.15, 0.2) is 0 Å². The summed E-state index contributed by atoms with van der Waals surface area (Å²) in [7, 11) is 2.20. The first-order valence-electron chi connectivity index (χ1n) is 6.29. The zero-order valence-corrected chi connectivity index (χ0v) is 10.7. The van der Waals surface area contributed by atoms with Gasteiger partial charge in [0.05, 0.1) is 0 Å². The molecule has 0 spiro atoms. The van der Waals surface area contributed by atoms with Gasteiger partial charge in [-0.3, -0.25) is 9.69 Å². The molecule has 0 aromatic heterocycles. The molecule has 0 radical (unpaired) electrons. The van der Waals surface area contributed by atoms with Gasteiger partial charge in [0.15, 0.2) is 0 Å². The van der Waals surface area contributed by atoms with Crippen molar-refractivity contribution < 1.29 is 4.79 Å². The van der Waals surface area contributed by atoms with Crippen LogP contribution in [0, 0.1) is 0 Å². The predicted octanol–water partition coefficient (Wildman–Crippen LogP) is 1.75. The molecule has 2 atom stereocenters. The van der Waals surface area contributed by atoms with Crippen LogP contribution in [0.25, 0.3) is 0 Å². The molecule has 92 valence electrons. The summed E-state index contributed by atoms with van der Waals surface area (Å²) in [4.78, 5) is 13.8. The lowest BCUT2D eigenvalue weighted by Crippen LogP contribution is -2.53. The number of nitrogens with one attached hydrogen (secondary N) is 1. The first kappa shape index (κ1) is 12.2. The van der Waals surface area contributed by atoms with Crippen molar-refractivity contribution in [1.82, 2.24) is 10.2 Å². The van der Waals surface area contributed by atoms with Gasteiger partial charge in [-0.25, -0.2) is 0 Å². The fourth-order valence-corrected chi connectivity index (χ4v) is 2.84. The van der Waals surface area contributed by atoms with E-state index >= 15 is 0 Å². The van der Waals surface area contributed by atoms with E-state index in [0.717, 1.165) is 12.5 Å². The lowest BCUT2D eigenvalue weighted by Gasteiger charge is -2.38. The van der Waals surface area contributed by atoms with Gasteiger partial charge in [0, 0.05) is 18.1 Å². The maximum Gasteiger partial charge on any atom is 0.235 e. The Morgan fingerprint density at radius 3 is 2.62 bits per heavy atom. The number of hydrogen-bond donors (Lipinski definition) is 1. The molecule has 16 heavy (non-hydrogen) atoms. The standard InChI is InChI=1S/C12H21ClN2O/c1-15(9-6-7-9)11-5-3-2-4-10(11)14-12(16)8-13/h9-11H,2-8H2,1H3,(H,14,16)/t10-,11-/m1/s1. The summed E-state index contributed by atoms with van der Waals surface area (Å²) in [5, 5.41) is 3.07. The topological polar surface area (TPSA) is 32.3 Å². The Hall–Kier alpha value is -0.280. The Bertz CT molecular complexity index is 255. The summed E-state index contributed by atoms with van der Waals surface area (Å²) >= 11 is 5.55. The molecule has 4 heteroatoms. The molecule has 3 nitrogen and oxygen atoms in total. The van der Waals surface area contributed by atoms with Crippen LogP contribution in [0.2, 0.25) is 0 Å². The second-order valence-corrected chi connectivity index (χ2v) is 5.32. The van der Waals surface area contributed by atoms with E-state index in [9.17, 15) is 4.79 Å². The number of nitrogens with zero attached hydrogens (tertiary/aromatic N) is 1. The SMILES string of the molecule is CN(C1CC1)[C@@H]1CCCC[C@H]1NC(=O)CCl. The summed E-state index contributed by atoms with van der Waals surface area (Å²) < 4.78 is 0.